The lowest BCUT2D eigenvalue weighted by molar-refractivity contribution is 0.341. The summed E-state index contributed by atoms with van der Waals surface area (Å²) in [6.07, 6.45) is 1.21. The number of rotatable bonds is 3. The molecule has 0 aliphatic carbocycles. The van der Waals surface area contributed by atoms with Crippen LogP contribution in [-0.4, -0.2) is 22.5 Å². The van der Waals surface area contributed by atoms with Gasteiger partial charge in [0.25, 0.3) is 0 Å². The van der Waals surface area contributed by atoms with E-state index < -0.39 is 0 Å². The van der Waals surface area contributed by atoms with Gasteiger partial charge >= 0.3 is 0 Å². The predicted molar refractivity (Wildman–Crippen MR) is 73.5 cm³/mol. The molecule has 1 N–H and O–H groups in total. The van der Waals surface area contributed by atoms with E-state index >= 15 is 0 Å². The number of aromatic nitrogens is 1. The lowest BCUT2D eigenvalue weighted by Gasteiger charge is -2.29. The van der Waals surface area contributed by atoms with Crippen molar-refractivity contribution in [2.75, 3.05) is 11.5 Å². The van der Waals surface area contributed by atoms with Crippen LogP contribution in [0, 0.1) is 13.8 Å². The number of hydrogen-bond acceptors (Lipinski definition) is 4. The van der Waals surface area contributed by atoms with Crippen molar-refractivity contribution in [2.24, 2.45) is 0 Å². The standard InChI is InChI=1S/C12H20N2S2/c1-8(2)14-12(5-6-15-7-12)11-13-9(3)10(4)16-11/h8,14H,5-7H2,1-4H3. The monoisotopic (exact) mass is 256 g/mol. The molecule has 1 aliphatic rings. The number of thiazole rings is 1. The SMILES string of the molecule is Cc1nc(C2(NC(C)C)CCSC2)sc1C. The van der Waals surface area contributed by atoms with Crippen LogP contribution < -0.4 is 5.32 Å². The lowest BCUT2D eigenvalue weighted by Crippen LogP contribution is -2.46. The molecule has 2 heterocycles. The van der Waals surface area contributed by atoms with Gasteiger partial charge in [0, 0.05) is 16.7 Å². The minimum absolute atomic E-state index is 0.141. The molecular formula is C12H20N2S2. The third-order valence-corrected chi connectivity index (χ3v) is 5.49. The average Bonchev–Trinajstić information content (AvgIpc) is 2.75. The van der Waals surface area contributed by atoms with Gasteiger partial charge in [-0.1, -0.05) is 0 Å². The Balaban J connectivity index is 2.31. The van der Waals surface area contributed by atoms with Gasteiger partial charge in [-0.25, -0.2) is 4.98 Å². The largest absolute Gasteiger partial charge is 0.302 e. The molecule has 16 heavy (non-hydrogen) atoms. The van der Waals surface area contributed by atoms with Gasteiger partial charge in [-0.3, -0.25) is 0 Å². The highest BCUT2D eigenvalue weighted by atomic mass is 32.2. The Hall–Kier alpha value is -0.0600. The van der Waals surface area contributed by atoms with Crippen LogP contribution in [-0.2, 0) is 5.54 Å². The van der Waals surface area contributed by atoms with E-state index in [2.05, 4.69) is 33.0 Å². The smallest absolute Gasteiger partial charge is 0.114 e. The van der Waals surface area contributed by atoms with E-state index in [4.69, 9.17) is 4.98 Å². The van der Waals surface area contributed by atoms with Crippen molar-refractivity contribution in [3.63, 3.8) is 0 Å². The van der Waals surface area contributed by atoms with Crippen molar-refractivity contribution in [1.82, 2.24) is 10.3 Å². The third kappa shape index (κ3) is 2.29. The first kappa shape index (κ1) is 12.4. The lowest BCUT2D eigenvalue weighted by atomic mass is 9.99. The molecule has 0 aromatic carbocycles. The summed E-state index contributed by atoms with van der Waals surface area (Å²) in [7, 11) is 0. The molecule has 1 fully saturated rings. The van der Waals surface area contributed by atoms with Gasteiger partial charge in [0.15, 0.2) is 0 Å². The molecule has 1 aliphatic heterocycles. The van der Waals surface area contributed by atoms with Crippen molar-refractivity contribution in [2.45, 2.75) is 45.7 Å². The highest BCUT2D eigenvalue weighted by Crippen LogP contribution is 2.39. The fourth-order valence-corrected chi connectivity index (χ4v) is 4.68. The second-order valence-electron chi connectivity index (χ2n) is 4.84. The third-order valence-electron chi connectivity index (χ3n) is 3.02. The summed E-state index contributed by atoms with van der Waals surface area (Å²) in [5, 5.41) is 5.03. The summed E-state index contributed by atoms with van der Waals surface area (Å²) < 4.78 is 0. The van der Waals surface area contributed by atoms with Crippen molar-refractivity contribution in [3.8, 4) is 0 Å². The molecule has 1 atom stereocenters. The Morgan fingerprint density at radius 3 is 2.56 bits per heavy atom. The topological polar surface area (TPSA) is 24.9 Å². The van der Waals surface area contributed by atoms with Gasteiger partial charge in [-0.15, -0.1) is 11.3 Å². The molecule has 1 aromatic heterocycles. The van der Waals surface area contributed by atoms with Crippen molar-refractivity contribution in [3.05, 3.63) is 15.6 Å². The number of nitrogens with one attached hydrogen (secondary N) is 1. The molecule has 2 rings (SSSR count). The molecular weight excluding hydrogens is 236 g/mol. The van der Waals surface area contributed by atoms with Crippen LogP contribution in [0.2, 0.25) is 0 Å². The molecule has 1 saturated heterocycles. The van der Waals surface area contributed by atoms with Crippen LogP contribution in [0.3, 0.4) is 0 Å². The van der Waals surface area contributed by atoms with Crippen molar-refractivity contribution < 1.29 is 0 Å². The molecule has 0 saturated carbocycles. The van der Waals surface area contributed by atoms with E-state index in [9.17, 15) is 0 Å². The minimum atomic E-state index is 0.141. The van der Waals surface area contributed by atoms with Gasteiger partial charge in [0.2, 0.25) is 0 Å². The zero-order valence-corrected chi connectivity index (χ0v) is 12.1. The van der Waals surface area contributed by atoms with E-state index in [0.29, 0.717) is 6.04 Å². The first-order valence-electron chi connectivity index (χ1n) is 5.83. The number of aryl methyl sites for hydroxylation is 2. The van der Waals surface area contributed by atoms with Gasteiger partial charge < -0.3 is 5.32 Å². The fraction of sp³-hybridized carbons (Fsp3) is 0.750. The molecule has 2 nitrogen and oxygen atoms in total. The van der Waals surface area contributed by atoms with Crippen LogP contribution >= 0.6 is 23.1 Å². The van der Waals surface area contributed by atoms with Crippen LogP contribution in [0.5, 0.6) is 0 Å². The average molecular weight is 256 g/mol. The Bertz CT molecular complexity index is 346. The zero-order chi connectivity index (χ0) is 11.8. The normalized spacial score (nSPS) is 25.6. The number of thioether (sulfide) groups is 1. The molecule has 0 amide bonds. The summed E-state index contributed by atoms with van der Waals surface area (Å²) in [6.45, 7) is 8.72. The Labute approximate surface area is 106 Å². The van der Waals surface area contributed by atoms with Gasteiger partial charge in [0.05, 0.1) is 11.2 Å². The second kappa shape index (κ2) is 4.67. The van der Waals surface area contributed by atoms with E-state index in [1.807, 2.05) is 23.1 Å². The molecule has 1 aromatic rings. The maximum atomic E-state index is 4.76. The first-order valence-corrected chi connectivity index (χ1v) is 7.80. The summed E-state index contributed by atoms with van der Waals surface area (Å²) in [5.41, 5.74) is 1.34. The predicted octanol–water partition coefficient (Wildman–Crippen LogP) is 3.09. The highest BCUT2D eigenvalue weighted by Gasteiger charge is 2.39. The van der Waals surface area contributed by atoms with Crippen LogP contribution in [0.1, 0.15) is 35.8 Å². The van der Waals surface area contributed by atoms with E-state index in [1.165, 1.54) is 27.8 Å². The molecule has 4 heteroatoms. The minimum Gasteiger partial charge on any atom is -0.302 e. The first-order chi connectivity index (χ1) is 7.53. The summed E-state index contributed by atoms with van der Waals surface area (Å²) >= 11 is 3.90. The van der Waals surface area contributed by atoms with E-state index in [-0.39, 0.29) is 5.54 Å². The molecule has 0 radical (unpaired) electrons. The maximum absolute atomic E-state index is 4.76. The fourth-order valence-electron chi connectivity index (χ4n) is 2.14. The Morgan fingerprint density at radius 2 is 2.12 bits per heavy atom. The van der Waals surface area contributed by atoms with Crippen molar-refractivity contribution >= 4 is 23.1 Å². The molecule has 1 unspecified atom stereocenters. The molecule has 90 valence electrons. The van der Waals surface area contributed by atoms with Crippen molar-refractivity contribution in [1.29, 1.82) is 0 Å². The Kier molecular flexibility index (Phi) is 3.62. The molecule has 0 bridgehead atoms. The van der Waals surface area contributed by atoms with Gasteiger partial charge in [-0.05, 0) is 39.9 Å². The highest BCUT2D eigenvalue weighted by molar-refractivity contribution is 7.99. The van der Waals surface area contributed by atoms with Crippen LogP contribution in [0.25, 0.3) is 0 Å². The molecule has 0 spiro atoms. The van der Waals surface area contributed by atoms with Crippen LogP contribution in [0.15, 0.2) is 0 Å². The van der Waals surface area contributed by atoms with Gasteiger partial charge in [0.1, 0.15) is 5.01 Å². The van der Waals surface area contributed by atoms with Crippen LogP contribution in [0.4, 0.5) is 0 Å². The summed E-state index contributed by atoms with van der Waals surface area (Å²) in [4.78, 5) is 6.12. The number of nitrogens with zero attached hydrogens (tertiary/aromatic N) is 1. The maximum Gasteiger partial charge on any atom is 0.114 e. The number of hydrogen-bond donors (Lipinski definition) is 1. The quantitative estimate of drug-likeness (QED) is 0.899. The zero-order valence-electron chi connectivity index (χ0n) is 10.5. The van der Waals surface area contributed by atoms with E-state index in [0.717, 1.165) is 5.75 Å². The van der Waals surface area contributed by atoms with E-state index in [1.54, 1.807) is 0 Å². The second-order valence-corrected chi connectivity index (χ2v) is 7.15. The summed E-state index contributed by atoms with van der Waals surface area (Å²) in [5.74, 6) is 2.41. The Morgan fingerprint density at radius 1 is 1.38 bits per heavy atom. The van der Waals surface area contributed by atoms with Gasteiger partial charge in [-0.2, -0.15) is 11.8 Å². The summed E-state index contributed by atoms with van der Waals surface area (Å²) in [6, 6.07) is 0.517.